The molecule has 3 aliphatic rings. The molecule has 5 heteroatoms. The third-order valence-corrected chi connectivity index (χ3v) is 4.82. The maximum Gasteiger partial charge on any atom is 0.225 e. The molecule has 106 valence electrons. The number of nitrogens with zero attached hydrogens (tertiary/aromatic N) is 1. The van der Waals surface area contributed by atoms with Crippen LogP contribution in [0.2, 0.25) is 0 Å². The number of carbonyl (C=O) groups is 2. The molecule has 0 aromatic heterocycles. The van der Waals surface area contributed by atoms with Crippen molar-refractivity contribution < 1.29 is 9.59 Å². The van der Waals surface area contributed by atoms with Crippen LogP contribution >= 0.6 is 0 Å². The highest BCUT2D eigenvalue weighted by atomic mass is 16.2. The molecule has 3 aliphatic heterocycles. The summed E-state index contributed by atoms with van der Waals surface area (Å²) in [6, 6.07) is 0.876. The Labute approximate surface area is 114 Å². The Hall–Kier alpha value is -1.10. The van der Waals surface area contributed by atoms with E-state index in [1.54, 1.807) is 0 Å². The average molecular weight is 265 g/mol. The van der Waals surface area contributed by atoms with Crippen LogP contribution in [0.3, 0.4) is 0 Å². The molecule has 0 saturated carbocycles. The van der Waals surface area contributed by atoms with Gasteiger partial charge < -0.3 is 10.6 Å². The zero-order valence-electron chi connectivity index (χ0n) is 11.4. The SMILES string of the molecule is O=C1CCC(C(=O)NC2CCN3CCCCC23)CN1. The fraction of sp³-hybridized carbons (Fsp3) is 0.857. The third kappa shape index (κ3) is 2.76. The minimum atomic E-state index is -0.0321. The van der Waals surface area contributed by atoms with E-state index in [0.717, 1.165) is 13.0 Å². The fourth-order valence-electron chi connectivity index (χ4n) is 3.67. The third-order valence-electron chi connectivity index (χ3n) is 4.82. The Morgan fingerprint density at radius 3 is 2.89 bits per heavy atom. The molecule has 3 atom stereocenters. The van der Waals surface area contributed by atoms with E-state index in [4.69, 9.17) is 0 Å². The number of amides is 2. The van der Waals surface area contributed by atoms with E-state index in [0.29, 0.717) is 31.5 Å². The minimum absolute atomic E-state index is 0.0321. The van der Waals surface area contributed by atoms with Crippen molar-refractivity contribution >= 4 is 11.8 Å². The van der Waals surface area contributed by atoms with Crippen molar-refractivity contribution in [1.29, 1.82) is 0 Å². The molecule has 0 spiro atoms. The van der Waals surface area contributed by atoms with Crippen molar-refractivity contribution in [3.8, 4) is 0 Å². The summed E-state index contributed by atoms with van der Waals surface area (Å²) in [7, 11) is 0. The molecule has 19 heavy (non-hydrogen) atoms. The number of nitrogens with one attached hydrogen (secondary N) is 2. The lowest BCUT2D eigenvalue weighted by atomic mass is 9.95. The first kappa shape index (κ1) is 12.9. The summed E-state index contributed by atoms with van der Waals surface area (Å²) in [6.07, 6.45) is 6.05. The fourth-order valence-corrected chi connectivity index (χ4v) is 3.67. The number of hydrogen-bond donors (Lipinski definition) is 2. The van der Waals surface area contributed by atoms with Gasteiger partial charge in [0.05, 0.1) is 5.92 Å². The minimum Gasteiger partial charge on any atom is -0.355 e. The smallest absolute Gasteiger partial charge is 0.225 e. The molecule has 2 N–H and O–H groups in total. The molecule has 3 rings (SSSR count). The van der Waals surface area contributed by atoms with E-state index in [-0.39, 0.29) is 17.7 Å². The lowest BCUT2D eigenvalue weighted by molar-refractivity contribution is -0.129. The highest BCUT2D eigenvalue weighted by Gasteiger charge is 2.37. The highest BCUT2D eigenvalue weighted by molar-refractivity contribution is 5.83. The molecular weight excluding hydrogens is 242 g/mol. The highest BCUT2D eigenvalue weighted by Crippen LogP contribution is 2.27. The number of piperidine rings is 2. The van der Waals surface area contributed by atoms with Crippen molar-refractivity contribution in [2.75, 3.05) is 19.6 Å². The Kier molecular flexibility index (Phi) is 3.73. The Morgan fingerprint density at radius 2 is 2.11 bits per heavy atom. The van der Waals surface area contributed by atoms with Gasteiger partial charge in [-0.3, -0.25) is 14.5 Å². The van der Waals surface area contributed by atoms with Gasteiger partial charge in [0.2, 0.25) is 11.8 Å². The summed E-state index contributed by atoms with van der Waals surface area (Å²) >= 11 is 0. The topological polar surface area (TPSA) is 61.4 Å². The first-order chi connectivity index (χ1) is 9.24. The van der Waals surface area contributed by atoms with Crippen molar-refractivity contribution in [1.82, 2.24) is 15.5 Å². The zero-order valence-corrected chi connectivity index (χ0v) is 11.4. The molecule has 0 radical (unpaired) electrons. The van der Waals surface area contributed by atoms with Gasteiger partial charge in [0, 0.05) is 31.6 Å². The van der Waals surface area contributed by atoms with Crippen LogP contribution in [0.1, 0.15) is 38.5 Å². The van der Waals surface area contributed by atoms with Gasteiger partial charge in [0.1, 0.15) is 0 Å². The van der Waals surface area contributed by atoms with Gasteiger partial charge in [-0.15, -0.1) is 0 Å². The lowest BCUT2D eigenvalue weighted by Crippen LogP contribution is -2.50. The van der Waals surface area contributed by atoms with Gasteiger partial charge in [0.15, 0.2) is 0 Å². The second-order valence-corrected chi connectivity index (χ2v) is 6.04. The number of fused-ring (bicyclic) bond motifs is 1. The molecule has 0 bridgehead atoms. The summed E-state index contributed by atoms with van der Waals surface area (Å²) in [6.45, 7) is 2.82. The Morgan fingerprint density at radius 1 is 1.21 bits per heavy atom. The lowest BCUT2D eigenvalue weighted by Gasteiger charge is -2.33. The van der Waals surface area contributed by atoms with Gasteiger partial charge >= 0.3 is 0 Å². The second kappa shape index (κ2) is 5.49. The van der Waals surface area contributed by atoms with Crippen LogP contribution in [-0.2, 0) is 9.59 Å². The molecule has 3 heterocycles. The summed E-state index contributed by atoms with van der Waals surface area (Å²) < 4.78 is 0. The summed E-state index contributed by atoms with van der Waals surface area (Å²) in [5.74, 6) is 0.177. The molecule has 3 saturated heterocycles. The largest absolute Gasteiger partial charge is 0.355 e. The van der Waals surface area contributed by atoms with E-state index in [2.05, 4.69) is 15.5 Å². The van der Waals surface area contributed by atoms with Crippen LogP contribution in [0.15, 0.2) is 0 Å². The van der Waals surface area contributed by atoms with E-state index in [9.17, 15) is 9.59 Å². The van der Waals surface area contributed by atoms with Crippen molar-refractivity contribution in [2.24, 2.45) is 5.92 Å². The summed E-state index contributed by atoms with van der Waals surface area (Å²) in [5, 5.41) is 6.01. The van der Waals surface area contributed by atoms with E-state index >= 15 is 0 Å². The Bertz CT molecular complexity index is 362. The summed E-state index contributed by atoms with van der Waals surface area (Å²) in [5.41, 5.74) is 0. The molecule has 5 nitrogen and oxygen atoms in total. The standard InChI is InChI=1S/C14H23N3O2/c18-13-5-4-10(9-15-13)14(19)16-11-6-8-17-7-2-1-3-12(11)17/h10-12H,1-9H2,(H,15,18)(H,16,19). The maximum atomic E-state index is 12.3. The van der Waals surface area contributed by atoms with Gasteiger partial charge in [-0.1, -0.05) is 6.42 Å². The van der Waals surface area contributed by atoms with Crippen LogP contribution in [0, 0.1) is 5.92 Å². The van der Waals surface area contributed by atoms with Gasteiger partial charge in [-0.05, 0) is 32.2 Å². The van der Waals surface area contributed by atoms with E-state index in [1.807, 2.05) is 0 Å². The van der Waals surface area contributed by atoms with Crippen molar-refractivity contribution in [3.63, 3.8) is 0 Å². The molecular formula is C14H23N3O2. The first-order valence-electron chi connectivity index (χ1n) is 7.55. The van der Waals surface area contributed by atoms with Gasteiger partial charge in [-0.2, -0.15) is 0 Å². The Balaban J connectivity index is 1.53. The zero-order chi connectivity index (χ0) is 13.2. The van der Waals surface area contributed by atoms with Gasteiger partial charge in [0.25, 0.3) is 0 Å². The number of hydrogen-bond acceptors (Lipinski definition) is 3. The van der Waals surface area contributed by atoms with E-state index < -0.39 is 0 Å². The van der Waals surface area contributed by atoms with Crippen molar-refractivity contribution in [3.05, 3.63) is 0 Å². The quantitative estimate of drug-likeness (QED) is 0.752. The molecule has 0 aromatic rings. The predicted octanol–water partition coefficient (Wildman–Crippen LogP) is 0.256. The molecule has 3 unspecified atom stereocenters. The molecule has 0 aliphatic carbocycles. The summed E-state index contributed by atoms with van der Waals surface area (Å²) in [4.78, 5) is 25.9. The van der Waals surface area contributed by atoms with Crippen LogP contribution in [-0.4, -0.2) is 48.4 Å². The first-order valence-corrected chi connectivity index (χ1v) is 7.55. The molecule has 2 amide bonds. The molecule has 3 fully saturated rings. The maximum absolute atomic E-state index is 12.3. The average Bonchev–Trinajstić information content (AvgIpc) is 2.83. The number of carbonyl (C=O) groups excluding carboxylic acids is 2. The van der Waals surface area contributed by atoms with Crippen LogP contribution in [0.5, 0.6) is 0 Å². The van der Waals surface area contributed by atoms with Gasteiger partial charge in [-0.25, -0.2) is 0 Å². The van der Waals surface area contributed by atoms with E-state index in [1.165, 1.54) is 25.8 Å². The normalized spacial score (nSPS) is 35.6. The molecule has 0 aromatic carbocycles. The predicted molar refractivity (Wildman–Crippen MR) is 71.5 cm³/mol. The monoisotopic (exact) mass is 265 g/mol. The number of rotatable bonds is 2. The van der Waals surface area contributed by atoms with Crippen LogP contribution in [0.4, 0.5) is 0 Å². The van der Waals surface area contributed by atoms with Crippen molar-refractivity contribution in [2.45, 2.75) is 50.6 Å². The second-order valence-electron chi connectivity index (χ2n) is 6.04. The van der Waals surface area contributed by atoms with Crippen LogP contribution in [0.25, 0.3) is 0 Å². The van der Waals surface area contributed by atoms with Crippen LogP contribution < -0.4 is 10.6 Å².